The molecule has 0 unspecified atom stereocenters. The highest BCUT2D eigenvalue weighted by atomic mass is 16.5. The molecule has 1 N–H and O–H groups in total. The van der Waals surface area contributed by atoms with Crippen LogP contribution in [0.2, 0.25) is 0 Å². The van der Waals surface area contributed by atoms with Gasteiger partial charge in [-0.25, -0.2) is 0 Å². The van der Waals surface area contributed by atoms with E-state index in [0.717, 1.165) is 44.4 Å². The molecule has 3 aromatic rings. The first-order valence-electron chi connectivity index (χ1n) is 11.0. The van der Waals surface area contributed by atoms with Gasteiger partial charge in [0.25, 0.3) is 0 Å². The largest absolute Gasteiger partial charge is 0.425 e. The maximum Gasteiger partial charge on any atom is 0.223 e. The van der Waals surface area contributed by atoms with E-state index in [-0.39, 0.29) is 12.0 Å². The van der Waals surface area contributed by atoms with Crippen molar-refractivity contribution in [3.8, 4) is 0 Å². The van der Waals surface area contributed by atoms with Crippen molar-refractivity contribution in [2.24, 2.45) is 0 Å². The Labute approximate surface area is 176 Å². The minimum Gasteiger partial charge on any atom is -0.425 e. The normalized spacial score (nSPS) is 16.4. The highest BCUT2D eigenvalue weighted by molar-refractivity contribution is 5.83. The summed E-state index contributed by atoms with van der Waals surface area (Å²) in [6.07, 6.45) is 7.66. The number of aromatic amines is 1. The lowest BCUT2D eigenvalue weighted by Gasteiger charge is -2.25. The second-order valence-electron chi connectivity index (χ2n) is 7.92. The third kappa shape index (κ3) is 5.08. The van der Waals surface area contributed by atoms with E-state index in [1.165, 1.54) is 10.9 Å². The van der Waals surface area contributed by atoms with Crippen LogP contribution in [0, 0.1) is 0 Å². The molecule has 1 aliphatic rings. The Kier molecular flexibility index (Phi) is 6.79. The number of carbonyl (C=O) groups is 1. The van der Waals surface area contributed by atoms with Crippen LogP contribution in [-0.4, -0.2) is 51.8 Å². The molecule has 0 bridgehead atoms. The fourth-order valence-corrected chi connectivity index (χ4v) is 4.06. The third-order valence-electron chi connectivity index (χ3n) is 5.64. The number of H-pyrrole nitrogens is 1. The van der Waals surface area contributed by atoms with Gasteiger partial charge in [0.2, 0.25) is 17.7 Å². The van der Waals surface area contributed by atoms with E-state index in [9.17, 15) is 4.79 Å². The third-order valence-corrected chi connectivity index (χ3v) is 5.64. The number of ether oxygens (including phenoxy) is 1. The first-order chi connectivity index (χ1) is 14.7. The van der Waals surface area contributed by atoms with Crippen molar-refractivity contribution < 1.29 is 13.9 Å². The van der Waals surface area contributed by atoms with Crippen LogP contribution in [0.1, 0.15) is 50.0 Å². The topological polar surface area (TPSA) is 84.2 Å². The number of rotatable bonds is 10. The van der Waals surface area contributed by atoms with Crippen LogP contribution in [0.25, 0.3) is 10.9 Å². The second-order valence-corrected chi connectivity index (χ2v) is 7.92. The molecule has 0 radical (unpaired) electrons. The van der Waals surface area contributed by atoms with E-state index in [4.69, 9.17) is 9.15 Å². The SMILES string of the molecule is CCCN(C[C@@H]1CCCO1)C(=O)CCc1nnc(CCc2c[nH]c3ccccc23)o1. The molecular formula is C23H30N4O3. The maximum atomic E-state index is 12.7. The zero-order valence-electron chi connectivity index (χ0n) is 17.6. The molecule has 0 spiro atoms. The molecule has 0 aliphatic carbocycles. The van der Waals surface area contributed by atoms with Crippen molar-refractivity contribution in [1.29, 1.82) is 0 Å². The Hall–Kier alpha value is -2.67. The maximum absolute atomic E-state index is 12.7. The summed E-state index contributed by atoms with van der Waals surface area (Å²) >= 11 is 0. The summed E-state index contributed by atoms with van der Waals surface area (Å²) in [5.74, 6) is 1.28. The summed E-state index contributed by atoms with van der Waals surface area (Å²) in [6.45, 7) is 4.35. The lowest BCUT2D eigenvalue weighted by Crippen LogP contribution is -2.38. The zero-order chi connectivity index (χ0) is 20.8. The molecule has 1 aliphatic heterocycles. The quantitative estimate of drug-likeness (QED) is 0.551. The molecular weight excluding hydrogens is 380 g/mol. The van der Waals surface area contributed by atoms with Crippen molar-refractivity contribution in [3.05, 3.63) is 47.8 Å². The number of aromatic nitrogens is 3. The standard InChI is InChI=1S/C23H30N4O3/c1-2-13-27(16-18-6-5-14-29-18)23(28)12-11-22-26-25-21(30-22)10-9-17-15-24-20-8-4-3-7-19(17)20/h3-4,7-8,15,18,24H,2,5-6,9-14,16H2,1H3/t18-/m0/s1. The van der Waals surface area contributed by atoms with Gasteiger partial charge in [-0.05, 0) is 37.3 Å². The van der Waals surface area contributed by atoms with E-state index in [0.29, 0.717) is 37.6 Å². The van der Waals surface area contributed by atoms with Gasteiger partial charge in [-0.15, -0.1) is 10.2 Å². The lowest BCUT2D eigenvalue weighted by atomic mass is 10.1. The molecule has 4 rings (SSSR count). The van der Waals surface area contributed by atoms with Crippen molar-refractivity contribution in [2.75, 3.05) is 19.7 Å². The van der Waals surface area contributed by atoms with Crippen LogP contribution in [0.3, 0.4) is 0 Å². The number of carbonyl (C=O) groups excluding carboxylic acids is 1. The molecule has 3 heterocycles. The van der Waals surface area contributed by atoms with Crippen molar-refractivity contribution >= 4 is 16.8 Å². The Morgan fingerprint density at radius 3 is 2.83 bits per heavy atom. The van der Waals surface area contributed by atoms with Crippen LogP contribution >= 0.6 is 0 Å². The zero-order valence-corrected chi connectivity index (χ0v) is 17.6. The summed E-state index contributed by atoms with van der Waals surface area (Å²) < 4.78 is 11.5. The molecule has 1 aromatic carbocycles. The van der Waals surface area contributed by atoms with E-state index in [1.807, 2.05) is 23.2 Å². The number of fused-ring (bicyclic) bond motifs is 1. The van der Waals surface area contributed by atoms with Crippen molar-refractivity contribution in [2.45, 2.75) is 58.0 Å². The average Bonchev–Trinajstić information content (AvgIpc) is 3.51. The number of nitrogens with one attached hydrogen (secondary N) is 1. The van der Waals surface area contributed by atoms with E-state index < -0.39 is 0 Å². The van der Waals surface area contributed by atoms with Crippen LogP contribution in [0.15, 0.2) is 34.9 Å². The summed E-state index contributed by atoms with van der Waals surface area (Å²) in [7, 11) is 0. The molecule has 30 heavy (non-hydrogen) atoms. The molecule has 1 amide bonds. The van der Waals surface area contributed by atoms with Gasteiger partial charge in [-0.2, -0.15) is 0 Å². The van der Waals surface area contributed by atoms with Gasteiger partial charge in [0.15, 0.2) is 0 Å². The van der Waals surface area contributed by atoms with Gasteiger partial charge in [0, 0.05) is 56.1 Å². The molecule has 2 aromatic heterocycles. The number of amides is 1. The summed E-state index contributed by atoms with van der Waals surface area (Å²) in [5, 5.41) is 9.53. The van der Waals surface area contributed by atoms with Gasteiger partial charge in [0.05, 0.1) is 6.10 Å². The number of hydrogen-bond donors (Lipinski definition) is 1. The highest BCUT2D eigenvalue weighted by Gasteiger charge is 2.22. The molecule has 1 atom stereocenters. The number of hydrogen-bond acceptors (Lipinski definition) is 5. The monoisotopic (exact) mass is 410 g/mol. The van der Waals surface area contributed by atoms with E-state index >= 15 is 0 Å². The fourth-order valence-electron chi connectivity index (χ4n) is 4.06. The minimum atomic E-state index is 0.130. The predicted octanol–water partition coefficient (Wildman–Crippen LogP) is 3.69. The van der Waals surface area contributed by atoms with Crippen molar-refractivity contribution in [3.63, 3.8) is 0 Å². The number of para-hydroxylation sites is 1. The molecule has 7 heteroatoms. The van der Waals surface area contributed by atoms with Crippen LogP contribution in [-0.2, 0) is 28.8 Å². The molecule has 1 saturated heterocycles. The van der Waals surface area contributed by atoms with Gasteiger partial charge < -0.3 is 19.0 Å². The highest BCUT2D eigenvalue weighted by Crippen LogP contribution is 2.19. The van der Waals surface area contributed by atoms with Gasteiger partial charge in [-0.3, -0.25) is 4.79 Å². The van der Waals surface area contributed by atoms with E-state index in [2.05, 4.69) is 34.2 Å². The smallest absolute Gasteiger partial charge is 0.223 e. The number of benzene rings is 1. The molecule has 1 fully saturated rings. The second kappa shape index (κ2) is 9.89. The number of nitrogens with zero attached hydrogens (tertiary/aromatic N) is 3. The molecule has 0 saturated carbocycles. The summed E-state index contributed by atoms with van der Waals surface area (Å²) in [5.41, 5.74) is 2.38. The van der Waals surface area contributed by atoms with Crippen LogP contribution in [0.5, 0.6) is 0 Å². The summed E-state index contributed by atoms with van der Waals surface area (Å²) in [4.78, 5) is 17.9. The summed E-state index contributed by atoms with van der Waals surface area (Å²) in [6, 6.07) is 8.25. The predicted molar refractivity (Wildman–Crippen MR) is 114 cm³/mol. The van der Waals surface area contributed by atoms with Crippen LogP contribution < -0.4 is 0 Å². The fraction of sp³-hybridized carbons (Fsp3) is 0.522. The minimum absolute atomic E-state index is 0.130. The lowest BCUT2D eigenvalue weighted by molar-refractivity contribution is -0.132. The number of aryl methyl sites for hydroxylation is 3. The molecule has 7 nitrogen and oxygen atoms in total. The molecule has 160 valence electrons. The Bertz CT molecular complexity index is 958. The van der Waals surface area contributed by atoms with Crippen molar-refractivity contribution in [1.82, 2.24) is 20.1 Å². The average molecular weight is 411 g/mol. The van der Waals surface area contributed by atoms with E-state index in [1.54, 1.807) is 0 Å². The Morgan fingerprint density at radius 2 is 2.03 bits per heavy atom. The van der Waals surface area contributed by atoms with Crippen LogP contribution in [0.4, 0.5) is 0 Å². The first kappa shape index (κ1) is 20.6. The van der Waals surface area contributed by atoms with Gasteiger partial charge >= 0.3 is 0 Å². The Balaban J connectivity index is 1.27. The van der Waals surface area contributed by atoms with Gasteiger partial charge in [-0.1, -0.05) is 25.1 Å². The Morgan fingerprint density at radius 1 is 1.20 bits per heavy atom. The first-order valence-corrected chi connectivity index (χ1v) is 11.0. The van der Waals surface area contributed by atoms with Gasteiger partial charge in [0.1, 0.15) is 0 Å².